The molecule has 0 heteroatoms. The van der Waals surface area contributed by atoms with Crippen LogP contribution in [0.3, 0.4) is 0 Å². The Morgan fingerprint density at radius 2 is 0.836 bits per heavy atom. The molecule has 0 spiro atoms. The maximum Gasteiger partial charge on any atom is 0.0159 e. The largest absolute Gasteiger partial charge is 0.0619 e. The first-order valence-electron chi connectivity index (χ1n) is 19.4. The predicted octanol–water partition coefficient (Wildman–Crippen LogP) is 15.4. The molecular formula is C55H36. The zero-order valence-electron chi connectivity index (χ0n) is 30.8. The molecule has 12 rings (SSSR count). The van der Waals surface area contributed by atoms with E-state index in [1.54, 1.807) is 0 Å². The van der Waals surface area contributed by atoms with Crippen molar-refractivity contribution in [3.05, 3.63) is 193 Å². The lowest BCUT2D eigenvalue weighted by molar-refractivity contribution is 0.660. The molecule has 11 aromatic carbocycles. The smallest absolute Gasteiger partial charge is 0.0159 e. The number of hydrogen-bond donors (Lipinski definition) is 0. The third-order valence-electron chi connectivity index (χ3n) is 12.8. The highest BCUT2D eigenvalue weighted by molar-refractivity contribution is 6.29. The van der Waals surface area contributed by atoms with Crippen molar-refractivity contribution in [1.82, 2.24) is 0 Å². The van der Waals surface area contributed by atoms with E-state index in [1.165, 1.54) is 120 Å². The van der Waals surface area contributed by atoms with Gasteiger partial charge in [0.2, 0.25) is 0 Å². The first-order valence-corrected chi connectivity index (χ1v) is 19.4. The zero-order valence-corrected chi connectivity index (χ0v) is 30.8. The molecule has 0 fully saturated rings. The molecule has 0 aliphatic heterocycles. The van der Waals surface area contributed by atoms with Gasteiger partial charge in [-0.2, -0.15) is 0 Å². The maximum atomic E-state index is 2.49. The van der Waals surface area contributed by atoms with E-state index in [4.69, 9.17) is 0 Å². The molecule has 0 saturated heterocycles. The van der Waals surface area contributed by atoms with Crippen molar-refractivity contribution in [2.24, 2.45) is 0 Å². The summed E-state index contributed by atoms with van der Waals surface area (Å²) >= 11 is 0. The van der Waals surface area contributed by atoms with Gasteiger partial charge in [-0.3, -0.25) is 0 Å². The van der Waals surface area contributed by atoms with Crippen LogP contribution in [0.4, 0.5) is 0 Å². The number of hydrogen-bond acceptors (Lipinski definition) is 0. The van der Waals surface area contributed by atoms with E-state index < -0.39 is 0 Å². The van der Waals surface area contributed by atoms with Crippen LogP contribution < -0.4 is 0 Å². The van der Waals surface area contributed by atoms with Crippen LogP contribution in [0.1, 0.15) is 25.0 Å². The van der Waals surface area contributed by atoms with Gasteiger partial charge in [0.25, 0.3) is 0 Å². The minimum Gasteiger partial charge on any atom is -0.0619 e. The van der Waals surface area contributed by atoms with Gasteiger partial charge in [-0.1, -0.05) is 184 Å². The SMILES string of the molecule is CC1(C)c2ccccc2-c2ccc(-c3c4ccccc4c(-c4ccc5ccc6cccc7ccc4c5c67)c4cc(-c5cccc6ccccc56)ccc34)cc21. The Balaban J connectivity index is 1.21. The summed E-state index contributed by atoms with van der Waals surface area (Å²) in [5.74, 6) is 0. The standard InChI is InChI=1S/C55H36/c1-55(2)49-20-8-7-16-41(49)42-27-26-38(32-50(42)55)52-43-17-5-6-18-44(43)54(46-29-24-36-22-21-34-13-9-14-35-23-28-45(46)53(36)51(34)35)48-31-37(25-30-47(48)52)40-19-10-12-33-11-3-4-15-39(33)40/h3-32H,1-2H3. The average molecular weight is 697 g/mol. The van der Waals surface area contributed by atoms with Crippen LogP contribution in [0.15, 0.2) is 182 Å². The van der Waals surface area contributed by atoms with Crippen molar-refractivity contribution < 1.29 is 0 Å². The Kier molecular flexibility index (Phi) is 6.21. The van der Waals surface area contributed by atoms with Crippen LogP contribution in [0.5, 0.6) is 0 Å². The van der Waals surface area contributed by atoms with Crippen molar-refractivity contribution in [3.63, 3.8) is 0 Å². The molecule has 55 heavy (non-hydrogen) atoms. The third-order valence-corrected chi connectivity index (χ3v) is 12.8. The quantitative estimate of drug-likeness (QED) is 0.127. The zero-order chi connectivity index (χ0) is 36.4. The van der Waals surface area contributed by atoms with Gasteiger partial charge < -0.3 is 0 Å². The van der Waals surface area contributed by atoms with Crippen LogP contribution in [-0.2, 0) is 5.41 Å². The van der Waals surface area contributed by atoms with Crippen molar-refractivity contribution >= 4 is 64.6 Å². The highest BCUT2D eigenvalue weighted by atomic mass is 14.4. The number of benzene rings is 11. The molecule has 0 amide bonds. The molecule has 1 aliphatic carbocycles. The summed E-state index contributed by atoms with van der Waals surface area (Å²) in [4.78, 5) is 0. The molecule has 11 aromatic rings. The van der Waals surface area contributed by atoms with E-state index >= 15 is 0 Å². The normalized spacial score (nSPS) is 13.4. The highest BCUT2D eigenvalue weighted by Gasteiger charge is 2.35. The summed E-state index contributed by atoms with van der Waals surface area (Å²) < 4.78 is 0. The van der Waals surface area contributed by atoms with E-state index in [2.05, 4.69) is 196 Å². The van der Waals surface area contributed by atoms with E-state index in [-0.39, 0.29) is 5.41 Å². The fraction of sp³-hybridized carbons (Fsp3) is 0.0545. The molecule has 0 N–H and O–H groups in total. The summed E-state index contributed by atoms with van der Waals surface area (Å²) in [6, 6.07) is 68.6. The van der Waals surface area contributed by atoms with Gasteiger partial charge in [0.05, 0.1) is 0 Å². The molecule has 0 heterocycles. The van der Waals surface area contributed by atoms with Crippen molar-refractivity contribution in [3.8, 4) is 44.5 Å². The minimum atomic E-state index is -0.0866. The predicted molar refractivity (Wildman–Crippen MR) is 237 cm³/mol. The van der Waals surface area contributed by atoms with Gasteiger partial charge in [-0.05, 0) is 132 Å². The van der Waals surface area contributed by atoms with Gasteiger partial charge in [0.15, 0.2) is 0 Å². The van der Waals surface area contributed by atoms with Gasteiger partial charge in [0.1, 0.15) is 0 Å². The Morgan fingerprint density at radius 1 is 0.291 bits per heavy atom. The molecule has 256 valence electrons. The lowest BCUT2D eigenvalue weighted by Gasteiger charge is -2.23. The molecular weight excluding hydrogens is 661 g/mol. The topological polar surface area (TPSA) is 0 Å². The third kappa shape index (κ3) is 4.23. The maximum absolute atomic E-state index is 2.49. The van der Waals surface area contributed by atoms with Gasteiger partial charge in [-0.15, -0.1) is 0 Å². The fourth-order valence-electron chi connectivity index (χ4n) is 10.2. The monoisotopic (exact) mass is 696 g/mol. The van der Waals surface area contributed by atoms with Crippen molar-refractivity contribution in [1.29, 1.82) is 0 Å². The summed E-state index contributed by atoms with van der Waals surface area (Å²) in [5, 5.41) is 15.5. The van der Waals surface area contributed by atoms with Crippen LogP contribution in [-0.4, -0.2) is 0 Å². The summed E-state index contributed by atoms with van der Waals surface area (Å²) in [6.45, 7) is 4.76. The molecule has 0 bridgehead atoms. The average Bonchev–Trinajstić information content (AvgIpc) is 3.46. The lowest BCUT2D eigenvalue weighted by Crippen LogP contribution is -2.14. The Hall–Kier alpha value is -6.76. The van der Waals surface area contributed by atoms with Crippen LogP contribution in [0.25, 0.3) is 109 Å². The fourth-order valence-corrected chi connectivity index (χ4v) is 10.2. The van der Waals surface area contributed by atoms with E-state index in [0.29, 0.717) is 0 Å². The molecule has 1 aliphatic rings. The van der Waals surface area contributed by atoms with E-state index in [0.717, 1.165) is 0 Å². The Morgan fingerprint density at radius 3 is 1.69 bits per heavy atom. The van der Waals surface area contributed by atoms with E-state index in [1.807, 2.05) is 0 Å². The highest BCUT2D eigenvalue weighted by Crippen LogP contribution is 2.52. The molecule has 0 aromatic heterocycles. The molecule has 0 saturated carbocycles. The first kappa shape index (κ1) is 30.7. The minimum absolute atomic E-state index is 0.0866. The lowest BCUT2D eigenvalue weighted by atomic mass is 9.80. The summed E-state index contributed by atoms with van der Waals surface area (Å²) in [6.07, 6.45) is 0. The van der Waals surface area contributed by atoms with Gasteiger partial charge >= 0.3 is 0 Å². The molecule has 0 atom stereocenters. The second-order valence-electron chi connectivity index (χ2n) is 16.0. The second kappa shape index (κ2) is 11.1. The molecule has 0 nitrogen and oxygen atoms in total. The van der Waals surface area contributed by atoms with Crippen LogP contribution >= 0.6 is 0 Å². The van der Waals surface area contributed by atoms with Crippen molar-refractivity contribution in [2.75, 3.05) is 0 Å². The Bertz CT molecular complexity index is 3370. The first-order chi connectivity index (χ1) is 27.0. The summed E-state index contributed by atoms with van der Waals surface area (Å²) in [7, 11) is 0. The number of rotatable bonds is 3. The Labute approximate surface area is 320 Å². The summed E-state index contributed by atoms with van der Waals surface area (Å²) in [5.41, 5.74) is 13.0. The van der Waals surface area contributed by atoms with Gasteiger partial charge in [0, 0.05) is 5.41 Å². The van der Waals surface area contributed by atoms with Gasteiger partial charge in [-0.25, -0.2) is 0 Å². The van der Waals surface area contributed by atoms with Crippen LogP contribution in [0.2, 0.25) is 0 Å². The van der Waals surface area contributed by atoms with Crippen LogP contribution in [0, 0.1) is 0 Å². The van der Waals surface area contributed by atoms with Crippen molar-refractivity contribution in [2.45, 2.75) is 19.3 Å². The molecule has 0 unspecified atom stereocenters. The van der Waals surface area contributed by atoms with E-state index in [9.17, 15) is 0 Å². The second-order valence-corrected chi connectivity index (χ2v) is 16.0. The number of fused-ring (bicyclic) bond motifs is 6. The molecule has 0 radical (unpaired) electrons.